The van der Waals surface area contributed by atoms with Crippen LogP contribution in [0.2, 0.25) is 0 Å². The Bertz CT molecular complexity index is 1600. The zero-order valence-electron chi connectivity index (χ0n) is 21.9. The number of fused-ring (bicyclic) bond motifs is 4. The van der Waals surface area contributed by atoms with Gasteiger partial charge in [0.1, 0.15) is 6.61 Å². The van der Waals surface area contributed by atoms with E-state index < -0.39 is 6.09 Å². The van der Waals surface area contributed by atoms with Crippen molar-refractivity contribution in [1.82, 2.24) is 15.5 Å². The van der Waals surface area contributed by atoms with E-state index in [-0.39, 0.29) is 31.5 Å². The molecule has 4 aromatic carbocycles. The van der Waals surface area contributed by atoms with Gasteiger partial charge in [0, 0.05) is 24.6 Å². The molecule has 1 aliphatic heterocycles. The minimum absolute atomic E-state index is 0.00553. The smallest absolute Gasteiger partial charge is 0.407 e. The second kappa shape index (κ2) is 11.0. The molecule has 0 bridgehead atoms. The number of amides is 2. The number of carbonyl (C=O) groups is 2. The fraction of sp³-hybridized carbons (Fsp3) is 0.182. The number of hydrogen-bond donors (Lipinski definition) is 2. The molecule has 0 fully saturated rings. The number of carbonyl (C=O) groups excluding carboxylic acids is 2. The Kier molecular flexibility index (Phi) is 6.90. The second-order valence-electron chi connectivity index (χ2n) is 9.95. The lowest BCUT2D eigenvalue weighted by Crippen LogP contribution is -2.35. The lowest BCUT2D eigenvalue weighted by Gasteiger charge is -2.15. The van der Waals surface area contributed by atoms with E-state index in [9.17, 15) is 14.9 Å². The molecule has 0 unspecified atom stereocenters. The molecule has 0 aromatic heterocycles. The number of benzene rings is 4. The maximum absolute atomic E-state index is 13.1. The highest BCUT2D eigenvalue weighted by Crippen LogP contribution is 2.44. The number of rotatable bonds is 7. The van der Waals surface area contributed by atoms with Crippen molar-refractivity contribution in [2.75, 3.05) is 19.7 Å². The van der Waals surface area contributed by atoms with Gasteiger partial charge in [-0.1, -0.05) is 84.9 Å². The summed E-state index contributed by atoms with van der Waals surface area (Å²) in [6, 6.07) is 29.8. The maximum Gasteiger partial charge on any atom is 0.407 e. The topological polar surface area (TPSA) is 94.5 Å². The molecule has 4 aromatic rings. The lowest BCUT2D eigenvalue weighted by atomic mass is 9.93. The van der Waals surface area contributed by atoms with Crippen molar-refractivity contribution in [3.63, 3.8) is 0 Å². The Labute approximate surface area is 233 Å². The van der Waals surface area contributed by atoms with Crippen molar-refractivity contribution < 1.29 is 14.3 Å². The molecule has 0 saturated heterocycles. The van der Waals surface area contributed by atoms with Crippen molar-refractivity contribution in [3.8, 4) is 28.4 Å². The van der Waals surface area contributed by atoms with Crippen LogP contribution in [0.4, 0.5) is 4.79 Å². The first-order valence-corrected chi connectivity index (χ1v) is 13.4. The van der Waals surface area contributed by atoms with Gasteiger partial charge in [-0.25, -0.2) is 4.79 Å². The highest BCUT2D eigenvalue weighted by Gasteiger charge is 2.29. The summed E-state index contributed by atoms with van der Waals surface area (Å²) in [5.74, 6) is -0.230. The molecule has 2 N–H and O–H groups in total. The van der Waals surface area contributed by atoms with Gasteiger partial charge in [0.2, 0.25) is 0 Å². The van der Waals surface area contributed by atoms with E-state index in [1.807, 2.05) is 60.7 Å². The molecule has 7 heteroatoms. The largest absolute Gasteiger partial charge is 0.449 e. The summed E-state index contributed by atoms with van der Waals surface area (Å²) >= 11 is 0. The van der Waals surface area contributed by atoms with Crippen molar-refractivity contribution >= 4 is 12.0 Å². The molecule has 0 saturated carbocycles. The third-order valence-corrected chi connectivity index (χ3v) is 7.61. The van der Waals surface area contributed by atoms with Gasteiger partial charge in [0.05, 0.1) is 13.1 Å². The minimum Gasteiger partial charge on any atom is -0.449 e. The number of nitriles is 1. The third-order valence-electron chi connectivity index (χ3n) is 7.61. The molecule has 0 radical (unpaired) electrons. The van der Waals surface area contributed by atoms with Crippen molar-refractivity contribution in [3.05, 3.63) is 119 Å². The van der Waals surface area contributed by atoms with Crippen LogP contribution in [-0.2, 0) is 17.8 Å². The van der Waals surface area contributed by atoms with Gasteiger partial charge in [-0.2, -0.15) is 5.26 Å². The van der Waals surface area contributed by atoms with Gasteiger partial charge in [0.15, 0.2) is 6.19 Å². The van der Waals surface area contributed by atoms with E-state index >= 15 is 0 Å². The van der Waals surface area contributed by atoms with Gasteiger partial charge in [-0.3, -0.25) is 4.79 Å². The molecule has 2 aliphatic rings. The lowest BCUT2D eigenvalue weighted by molar-refractivity contribution is 0.0952. The highest BCUT2D eigenvalue weighted by atomic mass is 16.5. The van der Waals surface area contributed by atoms with E-state index in [0.717, 1.165) is 33.4 Å². The van der Waals surface area contributed by atoms with Crippen LogP contribution in [0.15, 0.2) is 91.0 Å². The Hall–Kier alpha value is -5.09. The zero-order chi connectivity index (χ0) is 27.5. The van der Waals surface area contributed by atoms with Crippen molar-refractivity contribution in [1.29, 1.82) is 5.26 Å². The monoisotopic (exact) mass is 528 g/mol. The Morgan fingerprint density at radius 1 is 0.775 bits per heavy atom. The van der Waals surface area contributed by atoms with Crippen LogP contribution >= 0.6 is 0 Å². The number of hydrogen-bond acceptors (Lipinski definition) is 5. The Balaban J connectivity index is 1.04. The molecule has 6 rings (SSSR count). The molecule has 1 aliphatic carbocycles. The van der Waals surface area contributed by atoms with E-state index in [2.05, 4.69) is 41.1 Å². The summed E-state index contributed by atoms with van der Waals surface area (Å²) in [7, 11) is 0. The summed E-state index contributed by atoms with van der Waals surface area (Å²) in [6.07, 6.45) is 1.70. The average Bonchev–Trinajstić information content (AvgIpc) is 3.57. The summed E-state index contributed by atoms with van der Waals surface area (Å²) in [4.78, 5) is 27.3. The summed E-state index contributed by atoms with van der Waals surface area (Å²) in [5, 5.41) is 15.0. The summed E-state index contributed by atoms with van der Waals surface area (Å²) < 4.78 is 5.58. The third kappa shape index (κ3) is 4.76. The number of ether oxygens (including phenoxy) is 1. The van der Waals surface area contributed by atoms with Crippen LogP contribution in [-0.4, -0.2) is 36.6 Å². The molecular formula is C33H28N4O3. The maximum atomic E-state index is 13.1. The first-order chi connectivity index (χ1) is 19.6. The summed E-state index contributed by atoms with van der Waals surface area (Å²) in [5.41, 5.74) is 9.17. The van der Waals surface area contributed by atoms with E-state index in [1.54, 1.807) is 11.0 Å². The molecule has 0 spiro atoms. The van der Waals surface area contributed by atoms with E-state index in [1.165, 1.54) is 11.1 Å². The van der Waals surface area contributed by atoms with Gasteiger partial charge in [-0.05, 0) is 50.6 Å². The van der Waals surface area contributed by atoms with Gasteiger partial charge >= 0.3 is 6.09 Å². The van der Waals surface area contributed by atoms with Crippen LogP contribution in [0.5, 0.6) is 0 Å². The summed E-state index contributed by atoms with van der Waals surface area (Å²) in [6.45, 7) is 1.84. The fourth-order valence-electron chi connectivity index (χ4n) is 5.75. The normalized spacial score (nSPS) is 13.1. The predicted octanol–water partition coefficient (Wildman–Crippen LogP) is 5.42. The van der Waals surface area contributed by atoms with E-state index in [0.29, 0.717) is 18.7 Å². The molecule has 0 atom stereocenters. The average molecular weight is 529 g/mol. The van der Waals surface area contributed by atoms with Crippen LogP contribution in [0.1, 0.15) is 38.5 Å². The molecule has 1 heterocycles. The van der Waals surface area contributed by atoms with Gasteiger partial charge < -0.3 is 20.3 Å². The van der Waals surface area contributed by atoms with Crippen LogP contribution in [0.25, 0.3) is 22.3 Å². The predicted molar refractivity (Wildman–Crippen MR) is 152 cm³/mol. The molecule has 198 valence electrons. The highest BCUT2D eigenvalue weighted by molar-refractivity contribution is 6.01. The molecule has 40 heavy (non-hydrogen) atoms. The SMILES string of the molecule is N#CN1Cc2cccc(-c3ccccc3C(=O)NCCNC(=O)OCC3c4ccccc4-c4ccccc43)c2C1. The van der Waals surface area contributed by atoms with E-state index in [4.69, 9.17) is 4.74 Å². The Morgan fingerprint density at radius 3 is 2.12 bits per heavy atom. The quantitative estimate of drug-likeness (QED) is 0.247. The Morgan fingerprint density at radius 2 is 1.40 bits per heavy atom. The number of nitrogens with one attached hydrogen (secondary N) is 2. The fourth-order valence-corrected chi connectivity index (χ4v) is 5.75. The molecule has 7 nitrogen and oxygen atoms in total. The zero-order valence-corrected chi connectivity index (χ0v) is 21.9. The van der Waals surface area contributed by atoms with Crippen LogP contribution < -0.4 is 10.6 Å². The van der Waals surface area contributed by atoms with Gasteiger partial charge in [-0.15, -0.1) is 0 Å². The van der Waals surface area contributed by atoms with Crippen LogP contribution in [0.3, 0.4) is 0 Å². The minimum atomic E-state index is -0.515. The first kappa shape index (κ1) is 25.2. The molecular weight excluding hydrogens is 500 g/mol. The van der Waals surface area contributed by atoms with Crippen molar-refractivity contribution in [2.24, 2.45) is 0 Å². The van der Waals surface area contributed by atoms with Gasteiger partial charge in [0.25, 0.3) is 5.91 Å². The van der Waals surface area contributed by atoms with Crippen LogP contribution in [0, 0.1) is 11.5 Å². The second-order valence-corrected chi connectivity index (χ2v) is 9.95. The molecule has 2 amide bonds. The number of nitrogens with zero attached hydrogens (tertiary/aromatic N) is 2. The first-order valence-electron chi connectivity index (χ1n) is 13.4. The standard InChI is InChI=1S/C33H28N4O3/c34-21-37-18-22-8-7-15-26(30(22)19-37)25-11-5-6-14-29(25)32(38)35-16-17-36-33(39)40-20-31-27-12-3-1-9-23(27)24-10-2-4-13-28(24)31/h1-15,31H,16-20H2,(H,35,38)(H,36,39). The van der Waals surface area contributed by atoms with Crippen molar-refractivity contribution in [2.45, 2.75) is 19.0 Å². The number of alkyl carbamates (subject to hydrolysis) is 1.